The molecule has 1 aromatic heterocycles. The molecule has 7 heteroatoms. The highest BCUT2D eigenvalue weighted by atomic mass is 16.7. The van der Waals surface area contributed by atoms with E-state index >= 15 is 0 Å². The number of nitrogens with zero attached hydrogens (tertiary/aromatic N) is 2. The van der Waals surface area contributed by atoms with Crippen LogP contribution in [0.4, 0.5) is 0 Å². The molecule has 0 fully saturated rings. The third-order valence-corrected chi connectivity index (χ3v) is 4.09. The van der Waals surface area contributed by atoms with Gasteiger partial charge in [0.1, 0.15) is 0 Å². The van der Waals surface area contributed by atoms with Crippen LogP contribution in [-0.2, 0) is 0 Å². The van der Waals surface area contributed by atoms with E-state index in [1.807, 2.05) is 47.3 Å². The van der Waals surface area contributed by atoms with E-state index in [9.17, 15) is 4.79 Å². The number of fused-ring (bicyclic) bond motifs is 1. The van der Waals surface area contributed by atoms with Crippen LogP contribution >= 0.6 is 0 Å². The van der Waals surface area contributed by atoms with Gasteiger partial charge in [-0.1, -0.05) is 12.1 Å². The van der Waals surface area contributed by atoms with Crippen LogP contribution in [0, 0.1) is 0 Å². The van der Waals surface area contributed by atoms with E-state index in [1.165, 1.54) is 6.21 Å². The fourth-order valence-corrected chi connectivity index (χ4v) is 2.84. The second kappa shape index (κ2) is 7.25. The fourth-order valence-electron chi connectivity index (χ4n) is 2.84. The van der Waals surface area contributed by atoms with E-state index in [0.717, 1.165) is 11.3 Å². The normalized spacial score (nSPS) is 12.3. The SMILES string of the molecule is COc1cc(/C=N\NC(=O)c2ccccc2-n2cccc2)cc2c1OCO2. The number of rotatable bonds is 5. The first kappa shape index (κ1) is 16.7. The first-order chi connectivity index (χ1) is 13.3. The number of para-hydroxylation sites is 1. The van der Waals surface area contributed by atoms with E-state index in [1.54, 1.807) is 25.3 Å². The van der Waals surface area contributed by atoms with Crippen LogP contribution < -0.4 is 19.6 Å². The smallest absolute Gasteiger partial charge is 0.273 e. The molecule has 1 aliphatic heterocycles. The zero-order valence-electron chi connectivity index (χ0n) is 14.6. The van der Waals surface area contributed by atoms with Crippen LogP contribution in [0.1, 0.15) is 15.9 Å². The van der Waals surface area contributed by atoms with Crippen molar-refractivity contribution < 1.29 is 19.0 Å². The standard InChI is InChI=1S/C20H17N3O4/c1-25-17-10-14(11-18-19(17)27-13-26-18)12-21-22-20(24)15-6-2-3-7-16(15)23-8-4-5-9-23/h2-12H,13H2,1H3,(H,22,24)/b21-12-. The lowest BCUT2D eigenvalue weighted by molar-refractivity contribution is 0.0955. The van der Waals surface area contributed by atoms with Gasteiger partial charge in [0.25, 0.3) is 5.91 Å². The lowest BCUT2D eigenvalue weighted by Crippen LogP contribution is -2.19. The maximum atomic E-state index is 12.6. The summed E-state index contributed by atoms with van der Waals surface area (Å²) in [6, 6.07) is 14.7. The lowest BCUT2D eigenvalue weighted by Gasteiger charge is -2.09. The number of carbonyl (C=O) groups is 1. The van der Waals surface area contributed by atoms with Crippen molar-refractivity contribution in [1.82, 2.24) is 9.99 Å². The highest BCUT2D eigenvalue weighted by molar-refractivity contribution is 5.98. The summed E-state index contributed by atoms with van der Waals surface area (Å²) in [5, 5.41) is 4.06. The lowest BCUT2D eigenvalue weighted by atomic mass is 10.1. The van der Waals surface area contributed by atoms with E-state index in [2.05, 4.69) is 10.5 Å². The summed E-state index contributed by atoms with van der Waals surface area (Å²) in [5.74, 6) is 1.40. The Morgan fingerprint density at radius 2 is 2.00 bits per heavy atom. The summed E-state index contributed by atoms with van der Waals surface area (Å²) in [5.41, 5.74) is 4.58. The van der Waals surface area contributed by atoms with E-state index in [4.69, 9.17) is 14.2 Å². The van der Waals surface area contributed by atoms with Crippen LogP contribution in [-0.4, -0.2) is 30.6 Å². The van der Waals surface area contributed by atoms with Gasteiger partial charge in [0.15, 0.2) is 11.5 Å². The minimum Gasteiger partial charge on any atom is -0.493 e. The minimum atomic E-state index is -0.303. The largest absolute Gasteiger partial charge is 0.493 e. The predicted octanol–water partition coefficient (Wildman–Crippen LogP) is 2.98. The number of nitrogens with one attached hydrogen (secondary N) is 1. The maximum absolute atomic E-state index is 12.6. The van der Waals surface area contributed by atoms with Gasteiger partial charge >= 0.3 is 0 Å². The average molecular weight is 363 g/mol. The summed E-state index contributed by atoms with van der Waals surface area (Å²) < 4.78 is 17.9. The van der Waals surface area contributed by atoms with Crippen LogP contribution in [0.5, 0.6) is 17.2 Å². The van der Waals surface area contributed by atoms with Gasteiger partial charge in [-0.25, -0.2) is 5.43 Å². The number of amides is 1. The number of ether oxygens (including phenoxy) is 3. The van der Waals surface area contributed by atoms with Crippen LogP contribution in [0.3, 0.4) is 0 Å². The van der Waals surface area contributed by atoms with Gasteiger partial charge in [0.2, 0.25) is 12.5 Å². The summed E-state index contributed by atoms with van der Waals surface area (Å²) in [4.78, 5) is 12.6. The van der Waals surface area contributed by atoms with Crippen LogP contribution in [0.15, 0.2) is 66.0 Å². The van der Waals surface area contributed by atoms with Crippen molar-refractivity contribution in [2.75, 3.05) is 13.9 Å². The highest BCUT2D eigenvalue weighted by Gasteiger charge is 2.19. The third kappa shape index (κ3) is 3.35. The molecule has 2 aromatic carbocycles. The Morgan fingerprint density at radius 1 is 1.19 bits per heavy atom. The van der Waals surface area contributed by atoms with Crippen molar-refractivity contribution in [3.63, 3.8) is 0 Å². The summed E-state index contributed by atoms with van der Waals surface area (Å²) in [7, 11) is 1.55. The Morgan fingerprint density at radius 3 is 2.81 bits per heavy atom. The number of carbonyl (C=O) groups excluding carboxylic acids is 1. The molecule has 3 aromatic rings. The van der Waals surface area contributed by atoms with Crippen molar-refractivity contribution in [3.8, 4) is 22.9 Å². The zero-order valence-corrected chi connectivity index (χ0v) is 14.6. The van der Waals surface area contributed by atoms with Gasteiger partial charge in [0, 0.05) is 18.0 Å². The molecule has 0 bridgehead atoms. The molecule has 0 radical (unpaired) electrons. The maximum Gasteiger partial charge on any atom is 0.273 e. The summed E-state index contributed by atoms with van der Waals surface area (Å²) in [6.07, 6.45) is 5.29. The first-order valence-corrected chi connectivity index (χ1v) is 8.29. The summed E-state index contributed by atoms with van der Waals surface area (Å²) in [6.45, 7) is 0.152. The Bertz CT molecular complexity index is 996. The molecule has 0 saturated carbocycles. The number of aromatic nitrogens is 1. The topological polar surface area (TPSA) is 74.1 Å². The second-order valence-electron chi connectivity index (χ2n) is 5.76. The van der Waals surface area contributed by atoms with Crippen LogP contribution in [0.2, 0.25) is 0 Å². The average Bonchev–Trinajstić information content (AvgIpc) is 3.39. The van der Waals surface area contributed by atoms with Gasteiger partial charge in [-0.2, -0.15) is 5.10 Å². The molecule has 1 N–H and O–H groups in total. The highest BCUT2D eigenvalue weighted by Crippen LogP contribution is 2.41. The molecule has 1 aliphatic rings. The molecule has 27 heavy (non-hydrogen) atoms. The molecule has 136 valence electrons. The minimum absolute atomic E-state index is 0.152. The first-order valence-electron chi connectivity index (χ1n) is 8.29. The van der Waals surface area contributed by atoms with Gasteiger partial charge < -0.3 is 18.8 Å². The zero-order chi connectivity index (χ0) is 18.6. The second-order valence-corrected chi connectivity index (χ2v) is 5.76. The molecule has 0 unspecified atom stereocenters. The van der Waals surface area contributed by atoms with Crippen LogP contribution in [0.25, 0.3) is 5.69 Å². The van der Waals surface area contributed by atoms with Crippen molar-refractivity contribution in [3.05, 3.63) is 72.1 Å². The molecule has 0 aliphatic carbocycles. The third-order valence-electron chi connectivity index (χ3n) is 4.09. The number of methoxy groups -OCH3 is 1. The molecular formula is C20H17N3O4. The Hall–Kier alpha value is -3.74. The van der Waals surface area contributed by atoms with E-state index in [-0.39, 0.29) is 12.7 Å². The van der Waals surface area contributed by atoms with Gasteiger partial charge in [-0.15, -0.1) is 0 Å². The van der Waals surface area contributed by atoms with E-state index < -0.39 is 0 Å². The molecule has 0 saturated heterocycles. The predicted molar refractivity (Wildman–Crippen MR) is 99.9 cm³/mol. The van der Waals surface area contributed by atoms with Crippen molar-refractivity contribution in [2.45, 2.75) is 0 Å². The van der Waals surface area contributed by atoms with Gasteiger partial charge in [-0.05, 0) is 36.4 Å². The monoisotopic (exact) mass is 363 g/mol. The molecule has 0 spiro atoms. The number of hydrogen-bond acceptors (Lipinski definition) is 5. The Kier molecular flexibility index (Phi) is 4.49. The van der Waals surface area contributed by atoms with Crippen molar-refractivity contribution in [2.24, 2.45) is 5.10 Å². The Balaban J connectivity index is 1.52. The quantitative estimate of drug-likeness (QED) is 0.559. The fraction of sp³-hybridized carbons (Fsp3) is 0.100. The van der Waals surface area contributed by atoms with Gasteiger partial charge in [-0.3, -0.25) is 4.79 Å². The molecular weight excluding hydrogens is 346 g/mol. The number of hydrogen-bond donors (Lipinski definition) is 1. The molecule has 1 amide bonds. The Labute approximate surface area is 155 Å². The summed E-state index contributed by atoms with van der Waals surface area (Å²) >= 11 is 0. The van der Waals surface area contributed by atoms with E-state index in [0.29, 0.717) is 22.8 Å². The number of benzene rings is 2. The molecule has 4 rings (SSSR count). The van der Waals surface area contributed by atoms with Gasteiger partial charge in [0.05, 0.1) is 24.6 Å². The molecule has 2 heterocycles. The van der Waals surface area contributed by atoms with Crippen molar-refractivity contribution >= 4 is 12.1 Å². The molecule has 0 atom stereocenters. The van der Waals surface area contributed by atoms with Crippen molar-refractivity contribution in [1.29, 1.82) is 0 Å². The molecule has 7 nitrogen and oxygen atoms in total. The number of hydrazone groups is 1.